The number of carbonyl (C=O) groups is 1. The van der Waals surface area contributed by atoms with Gasteiger partial charge >= 0.3 is 0 Å². The van der Waals surface area contributed by atoms with Crippen molar-refractivity contribution in [3.63, 3.8) is 0 Å². The van der Waals surface area contributed by atoms with Gasteiger partial charge < -0.3 is 10.1 Å². The first kappa shape index (κ1) is 20.7. The Hall–Kier alpha value is -1.36. The van der Waals surface area contributed by atoms with Gasteiger partial charge in [-0.3, -0.25) is 9.00 Å². The molecule has 0 saturated heterocycles. The first-order valence-electron chi connectivity index (χ1n) is 8.51. The van der Waals surface area contributed by atoms with Gasteiger partial charge in [0.1, 0.15) is 5.75 Å². The Morgan fingerprint density at radius 1 is 1.25 bits per heavy atom. The molecule has 0 radical (unpaired) electrons. The Labute approximate surface area is 148 Å². The molecule has 0 bridgehead atoms. The maximum absolute atomic E-state index is 11.8. The fourth-order valence-electron chi connectivity index (χ4n) is 2.24. The lowest BCUT2D eigenvalue weighted by Gasteiger charge is -2.19. The molecule has 5 heteroatoms. The van der Waals surface area contributed by atoms with E-state index in [1.54, 1.807) is 6.26 Å². The van der Waals surface area contributed by atoms with Crippen LogP contribution in [0.5, 0.6) is 5.75 Å². The van der Waals surface area contributed by atoms with Crippen LogP contribution < -0.4 is 10.1 Å². The maximum atomic E-state index is 11.8. The summed E-state index contributed by atoms with van der Waals surface area (Å²) < 4.78 is 16.7. The van der Waals surface area contributed by atoms with Gasteiger partial charge in [-0.25, -0.2) is 0 Å². The predicted molar refractivity (Wildman–Crippen MR) is 101 cm³/mol. The van der Waals surface area contributed by atoms with E-state index in [9.17, 15) is 9.00 Å². The van der Waals surface area contributed by atoms with Crippen molar-refractivity contribution < 1.29 is 13.7 Å². The molecule has 0 fully saturated rings. The summed E-state index contributed by atoms with van der Waals surface area (Å²) in [6.45, 7) is 9.01. The number of hydrogen-bond donors (Lipinski definition) is 1. The molecule has 0 saturated carbocycles. The van der Waals surface area contributed by atoms with Gasteiger partial charge in [-0.2, -0.15) is 0 Å². The molecule has 136 valence electrons. The highest BCUT2D eigenvalue weighted by atomic mass is 32.2. The van der Waals surface area contributed by atoms with Crippen LogP contribution in [0, 0.1) is 0 Å². The van der Waals surface area contributed by atoms with Crippen molar-refractivity contribution >= 4 is 16.7 Å². The van der Waals surface area contributed by atoms with Crippen molar-refractivity contribution in [1.82, 2.24) is 5.32 Å². The topological polar surface area (TPSA) is 55.4 Å². The second-order valence-corrected chi connectivity index (χ2v) is 8.82. The molecule has 0 aliphatic heterocycles. The van der Waals surface area contributed by atoms with Crippen LogP contribution in [-0.4, -0.2) is 34.8 Å². The number of amides is 1. The van der Waals surface area contributed by atoms with E-state index >= 15 is 0 Å². The molecule has 0 aliphatic carbocycles. The fourth-order valence-corrected chi connectivity index (χ4v) is 2.92. The Kier molecular flexibility index (Phi) is 8.46. The Morgan fingerprint density at radius 2 is 1.88 bits per heavy atom. The third kappa shape index (κ3) is 8.48. The second-order valence-electron chi connectivity index (χ2n) is 7.26. The summed E-state index contributed by atoms with van der Waals surface area (Å²) >= 11 is 0. The van der Waals surface area contributed by atoms with Gasteiger partial charge in [-0.05, 0) is 42.9 Å². The molecule has 0 unspecified atom stereocenters. The predicted octanol–water partition coefficient (Wildman–Crippen LogP) is 3.42. The second kappa shape index (κ2) is 9.82. The normalized spacial score (nSPS) is 14.0. The molecular weight excluding hydrogens is 322 g/mol. The highest BCUT2D eigenvalue weighted by molar-refractivity contribution is 7.84. The Balaban J connectivity index is 2.23. The van der Waals surface area contributed by atoms with Crippen LogP contribution >= 0.6 is 0 Å². The van der Waals surface area contributed by atoms with Crippen molar-refractivity contribution in [3.05, 3.63) is 29.8 Å². The smallest absolute Gasteiger partial charge is 0.220 e. The summed E-state index contributed by atoms with van der Waals surface area (Å²) in [5, 5.41) is 2.93. The Morgan fingerprint density at radius 3 is 2.42 bits per heavy atom. The number of rotatable bonds is 9. The summed E-state index contributed by atoms with van der Waals surface area (Å²) in [4.78, 5) is 11.8. The van der Waals surface area contributed by atoms with E-state index in [0.717, 1.165) is 12.2 Å². The average molecular weight is 354 g/mol. The molecule has 1 rings (SSSR count). The summed E-state index contributed by atoms with van der Waals surface area (Å²) in [7, 11) is -0.808. The van der Waals surface area contributed by atoms with Gasteiger partial charge in [0.15, 0.2) is 0 Å². The van der Waals surface area contributed by atoms with Crippen LogP contribution in [0.3, 0.4) is 0 Å². The quantitative estimate of drug-likeness (QED) is 0.692. The third-order valence-electron chi connectivity index (χ3n) is 3.78. The van der Waals surface area contributed by atoms with Crippen LogP contribution in [0.1, 0.15) is 52.5 Å². The molecule has 1 N–H and O–H groups in total. The van der Waals surface area contributed by atoms with Crippen molar-refractivity contribution in [2.45, 2.75) is 58.4 Å². The van der Waals surface area contributed by atoms with Crippen LogP contribution in [0.25, 0.3) is 0 Å². The first-order valence-corrected chi connectivity index (χ1v) is 10.2. The zero-order valence-electron chi connectivity index (χ0n) is 15.6. The summed E-state index contributed by atoms with van der Waals surface area (Å²) in [6.07, 6.45) is 3.55. The monoisotopic (exact) mass is 353 g/mol. The number of ether oxygens (including phenoxy) is 1. The first-order chi connectivity index (χ1) is 11.2. The van der Waals surface area contributed by atoms with Crippen LogP contribution in [0.4, 0.5) is 0 Å². The van der Waals surface area contributed by atoms with Crippen molar-refractivity contribution in [2.24, 2.45) is 0 Å². The van der Waals surface area contributed by atoms with E-state index in [1.807, 2.05) is 19.1 Å². The SMILES string of the molecule is C[C@H](CC[S@](C)=O)NC(=O)CCCOc1ccc(C(C)(C)C)cc1. The highest BCUT2D eigenvalue weighted by Gasteiger charge is 2.13. The van der Waals surface area contributed by atoms with Crippen LogP contribution in [-0.2, 0) is 21.0 Å². The minimum atomic E-state index is -0.808. The lowest BCUT2D eigenvalue weighted by Crippen LogP contribution is -2.33. The largest absolute Gasteiger partial charge is 0.494 e. The molecule has 1 amide bonds. The number of carbonyl (C=O) groups excluding carboxylic acids is 1. The van der Waals surface area contributed by atoms with Crippen LogP contribution in [0.15, 0.2) is 24.3 Å². The van der Waals surface area contributed by atoms with Crippen molar-refractivity contribution in [1.29, 1.82) is 0 Å². The molecular formula is C19H31NO3S. The minimum Gasteiger partial charge on any atom is -0.494 e. The van der Waals surface area contributed by atoms with Crippen LogP contribution in [0.2, 0.25) is 0 Å². The molecule has 2 atom stereocenters. The molecule has 0 aliphatic rings. The van der Waals surface area contributed by atoms with Crippen molar-refractivity contribution in [3.8, 4) is 5.75 Å². The molecule has 4 nitrogen and oxygen atoms in total. The molecule has 1 aromatic rings. The van der Waals surface area contributed by atoms with Gasteiger partial charge in [0.2, 0.25) is 5.91 Å². The molecule has 24 heavy (non-hydrogen) atoms. The van der Waals surface area contributed by atoms with Gasteiger partial charge in [0.05, 0.1) is 6.61 Å². The fraction of sp³-hybridized carbons (Fsp3) is 0.632. The lowest BCUT2D eigenvalue weighted by atomic mass is 9.87. The molecule has 0 aromatic heterocycles. The van der Waals surface area contributed by atoms with E-state index in [4.69, 9.17) is 4.74 Å². The number of nitrogens with one attached hydrogen (secondary N) is 1. The van der Waals surface area contributed by atoms with Crippen molar-refractivity contribution in [2.75, 3.05) is 18.6 Å². The summed E-state index contributed by atoms with van der Waals surface area (Å²) in [6, 6.07) is 8.19. The zero-order chi connectivity index (χ0) is 18.2. The van der Waals surface area contributed by atoms with Gasteiger partial charge in [-0.15, -0.1) is 0 Å². The number of benzene rings is 1. The molecule has 0 heterocycles. The third-order valence-corrected chi connectivity index (χ3v) is 4.59. The van der Waals surface area contributed by atoms with Gasteiger partial charge in [0.25, 0.3) is 0 Å². The van der Waals surface area contributed by atoms with E-state index in [-0.39, 0.29) is 17.4 Å². The summed E-state index contributed by atoms with van der Waals surface area (Å²) in [5.74, 6) is 1.48. The molecule has 0 spiro atoms. The minimum absolute atomic E-state index is 0.0241. The van der Waals surface area contributed by atoms with Gasteiger partial charge in [0, 0.05) is 35.3 Å². The standard InChI is InChI=1S/C19H31NO3S/c1-15(12-14-24(5)22)20-18(21)7-6-13-23-17-10-8-16(9-11-17)19(2,3)4/h8-11,15H,6-7,12-14H2,1-5H3,(H,20,21)/t15-,24+/m1/s1. The van der Waals surface area contributed by atoms with Gasteiger partial charge in [-0.1, -0.05) is 32.9 Å². The molecule has 1 aromatic carbocycles. The zero-order valence-corrected chi connectivity index (χ0v) is 16.4. The maximum Gasteiger partial charge on any atom is 0.220 e. The van der Waals surface area contributed by atoms with E-state index in [0.29, 0.717) is 25.2 Å². The van der Waals surface area contributed by atoms with E-state index in [2.05, 4.69) is 38.2 Å². The summed E-state index contributed by atoms with van der Waals surface area (Å²) in [5.41, 5.74) is 1.41. The average Bonchev–Trinajstić information content (AvgIpc) is 2.49. The van der Waals surface area contributed by atoms with E-state index in [1.165, 1.54) is 5.56 Å². The highest BCUT2D eigenvalue weighted by Crippen LogP contribution is 2.24. The Bertz CT molecular complexity index is 535. The van der Waals surface area contributed by atoms with E-state index < -0.39 is 10.8 Å². The number of hydrogen-bond acceptors (Lipinski definition) is 3. The lowest BCUT2D eigenvalue weighted by molar-refractivity contribution is -0.121.